The quantitative estimate of drug-likeness (QED) is 0.787. The van der Waals surface area contributed by atoms with Gasteiger partial charge in [-0.05, 0) is 63.3 Å². The predicted molar refractivity (Wildman–Crippen MR) is 100 cm³/mol. The lowest BCUT2D eigenvalue weighted by Crippen LogP contribution is -2.61. The van der Waals surface area contributed by atoms with Crippen LogP contribution in [0.2, 0.25) is 0 Å². The predicted octanol–water partition coefficient (Wildman–Crippen LogP) is 3.86. The van der Waals surface area contributed by atoms with Gasteiger partial charge < -0.3 is 9.64 Å². The molecule has 0 bridgehead atoms. The monoisotopic (exact) mass is 366 g/mol. The van der Waals surface area contributed by atoms with Gasteiger partial charge in [-0.15, -0.1) is 0 Å². The zero-order valence-corrected chi connectivity index (χ0v) is 16.4. The van der Waals surface area contributed by atoms with Gasteiger partial charge in [0.25, 0.3) is 0 Å². The average Bonchev–Trinajstić information content (AvgIpc) is 2.62. The van der Waals surface area contributed by atoms with E-state index in [1.807, 2.05) is 0 Å². The Labute approximate surface area is 156 Å². The molecule has 3 nitrogen and oxygen atoms in total. The molecule has 0 N–H and O–H groups in total. The molecule has 1 aromatic carbocycles. The fourth-order valence-corrected chi connectivity index (χ4v) is 4.70. The summed E-state index contributed by atoms with van der Waals surface area (Å²) in [5, 5.41) is 0. The lowest BCUT2D eigenvalue weighted by molar-refractivity contribution is -0.128. The van der Waals surface area contributed by atoms with Crippen LogP contribution in [0.25, 0.3) is 0 Å². The van der Waals surface area contributed by atoms with Crippen molar-refractivity contribution in [2.75, 3.05) is 39.3 Å². The van der Waals surface area contributed by atoms with Crippen molar-refractivity contribution in [2.45, 2.75) is 57.6 Å². The van der Waals surface area contributed by atoms with E-state index < -0.39 is 0 Å². The van der Waals surface area contributed by atoms with Gasteiger partial charge in [-0.2, -0.15) is 0 Å². The normalized spacial score (nSPS) is 27.6. The molecule has 5 heteroatoms. The summed E-state index contributed by atoms with van der Waals surface area (Å²) in [4.78, 5) is 5.02. The zero-order chi connectivity index (χ0) is 18.8. The first-order chi connectivity index (χ1) is 12.3. The molecular formula is C21H32F2N2O. The molecule has 146 valence electrons. The lowest BCUT2D eigenvalue weighted by Gasteiger charge is -2.53. The second-order valence-corrected chi connectivity index (χ2v) is 8.43. The Morgan fingerprint density at radius 3 is 2.50 bits per heavy atom. The zero-order valence-electron chi connectivity index (χ0n) is 16.4. The van der Waals surface area contributed by atoms with Gasteiger partial charge >= 0.3 is 0 Å². The summed E-state index contributed by atoms with van der Waals surface area (Å²) in [5.41, 5.74) is 0.659. The summed E-state index contributed by atoms with van der Waals surface area (Å²) >= 11 is 0. The van der Waals surface area contributed by atoms with E-state index in [-0.39, 0.29) is 22.8 Å². The van der Waals surface area contributed by atoms with Gasteiger partial charge in [0.15, 0.2) is 0 Å². The maximum atomic E-state index is 13.8. The Morgan fingerprint density at radius 2 is 1.85 bits per heavy atom. The van der Waals surface area contributed by atoms with Crippen molar-refractivity contribution in [2.24, 2.45) is 0 Å². The van der Waals surface area contributed by atoms with Gasteiger partial charge in [-0.3, -0.25) is 4.90 Å². The minimum absolute atomic E-state index is 0.0553. The molecule has 2 fully saturated rings. The molecule has 0 saturated carbocycles. The molecule has 26 heavy (non-hydrogen) atoms. The Balaban J connectivity index is 1.54. The number of hydrogen-bond acceptors (Lipinski definition) is 3. The minimum Gasteiger partial charge on any atom is -0.375 e. The van der Waals surface area contributed by atoms with Crippen molar-refractivity contribution in [3.05, 3.63) is 35.4 Å². The molecule has 3 rings (SSSR count). The van der Waals surface area contributed by atoms with Crippen LogP contribution >= 0.6 is 0 Å². The van der Waals surface area contributed by atoms with Crippen LogP contribution < -0.4 is 0 Å². The van der Waals surface area contributed by atoms with E-state index in [2.05, 4.69) is 30.6 Å². The molecule has 1 unspecified atom stereocenters. The maximum absolute atomic E-state index is 13.8. The summed E-state index contributed by atoms with van der Waals surface area (Å²) in [5.74, 6) is -0.669. The largest absolute Gasteiger partial charge is 0.375 e. The first-order valence-corrected chi connectivity index (χ1v) is 9.89. The molecule has 2 aliphatic rings. The maximum Gasteiger partial charge on any atom is 0.126 e. The van der Waals surface area contributed by atoms with Crippen LogP contribution in [0.1, 0.15) is 45.6 Å². The van der Waals surface area contributed by atoms with E-state index in [9.17, 15) is 8.78 Å². The van der Waals surface area contributed by atoms with Crippen LogP contribution in [0.4, 0.5) is 8.78 Å². The summed E-state index contributed by atoms with van der Waals surface area (Å²) in [6, 6.07) is 3.72. The third-order valence-corrected chi connectivity index (χ3v) is 6.22. The molecular weight excluding hydrogens is 334 g/mol. The summed E-state index contributed by atoms with van der Waals surface area (Å²) in [6.07, 6.45) is 3.88. The highest BCUT2D eigenvalue weighted by atomic mass is 19.1. The first kappa shape index (κ1) is 19.7. The SMILES string of the molecule is CCC1(N2CCN(CCc3cc(F)ccc3F)CC2)CCOC(C)(C)C1. The van der Waals surface area contributed by atoms with Crippen LogP contribution in [0, 0.1) is 11.6 Å². The third kappa shape index (κ3) is 4.44. The van der Waals surface area contributed by atoms with Gasteiger partial charge in [0.1, 0.15) is 11.6 Å². The van der Waals surface area contributed by atoms with Gasteiger partial charge in [0.05, 0.1) is 5.60 Å². The van der Waals surface area contributed by atoms with Crippen LogP contribution in [0.3, 0.4) is 0 Å². The van der Waals surface area contributed by atoms with Crippen LogP contribution in [0.15, 0.2) is 18.2 Å². The van der Waals surface area contributed by atoms with Crippen molar-refractivity contribution >= 4 is 0 Å². The Morgan fingerprint density at radius 1 is 1.12 bits per heavy atom. The van der Waals surface area contributed by atoms with E-state index in [4.69, 9.17) is 4.74 Å². The second-order valence-electron chi connectivity index (χ2n) is 8.43. The molecule has 1 aromatic rings. The highest BCUT2D eigenvalue weighted by Crippen LogP contribution is 2.39. The van der Waals surface area contributed by atoms with Crippen molar-refractivity contribution in [3.8, 4) is 0 Å². The highest BCUT2D eigenvalue weighted by molar-refractivity contribution is 5.19. The Bertz CT molecular complexity index is 614. The average molecular weight is 366 g/mol. The molecule has 0 spiro atoms. The molecule has 0 aliphatic carbocycles. The number of nitrogens with zero attached hydrogens (tertiary/aromatic N) is 2. The minimum atomic E-state index is -0.363. The van der Waals surface area contributed by atoms with E-state index in [0.29, 0.717) is 12.0 Å². The van der Waals surface area contributed by atoms with Crippen molar-refractivity contribution < 1.29 is 13.5 Å². The van der Waals surface area contributed by atoms with Gasteiger partial charge in [-0.25, -0.2) is 8.78 Å². The van der Waals surface area contributed by atoms with Crippen LogP contribution in [0.5, 0.6) is 0 Å². The number of benzene rings is 1. The van der Waals surface area contributed by atoms with E-state index in [0.717, 1.165) is 58.6 Å². The van der Waals surface area contributed by atoms with Crippen molar-refractivity contribution in [1.29, 1.82) is 0 Å². The number of piperazine rings is 1. The third-order valence-electron chi connectivity index (χ3n) is 6.22. The van der Waals surface area contributed by atoms with E-state index >= 15 is 0 Å². The Hall–Kier alpha value is -1.04. The second kappa shape index (κ2) is 7.91. The molecule has 0 aromatic heterocycles. The molecule has 0 radical (unpaired) electrons. The van der Waals surface area contributed by atoms with Crippen molar-refractivity contribution in [1.82, 2.24) is 9.80 Å². The van der Waals surface area contributed by atoms with Gasteiger partial charge in [-0.1, -0.05) is 6.92 Å². The molecule has 1 atom stereocenters. The van der Waals surface area contributed by atoms with Crippen molar-refractivity contribution in [3.63, 3.8) is 0 Å². The number of rotatable bonds is 5. The highest BCUT2D eigenvalue weighted by Gasteiger charge is 2.44. The summed E-state index contributed by atoms with van der Waals surface area (Å²) in [6.45, 7) is 12.3. The fraction of sp³-hybridized carbons (Fsp3) is 0.714. The van der Waals surface area contributed by atoms with Gasteiger partial charge in [0, 0.05) is 44.9 Å². The van der Waals surface area contributed by atoms with E-state index in [1.54, 1.807) is 0 Å². The van der Waals surface area contributed by atoms with Crippen LogP contribution in [-0.4, -0.2) is 60.3 Å². The lowest BCUT2D eigenvalue weighted by atomic mass is 9.77. The number of ether oxygens (including phenoxy) is 1. The van der Waals surface area contributed by atoms with E-state index in [1.165, 1.54) is 18.2 Å². The first-order valence-electron chi connectivity index (χ1n) is 9.89. The Kier molecular flexibility index (Phi) is 6.00. The topological polar surface area (TPSA) is 15.7 Å². The number of hydrogen-bond donors (Lipinski definition) is 0. The molecule has 2 heterocycles. The van der Waals surface area contributed by atoms with Gasteiger partial charge in [0.2, 0.25) is 0 Å². The standard InChI is InChI=1S/C21H32F2N2O/c1-4-21(8-14-26-20(2,3)16-21)25-12-10-24(11-13-25)9-7-17-15-18(22)5-6-19(17)23/h5-6,15H,4,7-14,16H2,1-3H3. The smallest absolute Gasteiger partial charge is 0.126 e. The molecule has 2 aliphatic heterocycles. The number of halogens is 2. The molecule has 2 saturated heterocycles. The fourth-order valence-electron chi connectivity index (χ4n) is 4.70. The molecule has 0 amide bonds. The summed E-state index contributed by atoms with van der Waals surface area (Å²) < 4.78 is 33.0. The summed E-state index contributed by atoms with van der Waals surface area (Å²) in [7, 11) is 0. The van der Waals surface area contributed by atoms with Crippen LogP contribution in [-0.2, 0) is 11.2 Å².